The molecule has 0 fully saturated rings. The Labute approximate surface area is 107 Å². The number of nitriles is 1. The van der Waals surface area contributed by atoms with E-state index in [1.807, 2.05) is 13.0 Å². The van der Waals surface area contributed by atoms with Crippen LogP contribution in [0.15, 0.2) is 18.2 Å². The van der Waals surface area contributed by atoms with Crippen molar-refractivity contribution in [3.63, 3.8) is 0 Å². The zero-order chi connectivity index (χ0) is 13.4. The van der Waals surface area contributed by atoms with Crippen molar-refractivity contribution < 1.29 is 9.53 Å². The molecule has 2 N–H and O–H groups in total. The second-order valence-corrected chi connectivity index (χ2v) is 3.84. The Kier molecular flexibility index (Phi) is 5.68. The van der Waals surface area contributed by atoms with E-state index in [2.05, 4.69) is 16.7 Å². The summed E-state index contributed by atoms with van der Waals surface area (Å²) in [5.74, 6) is -0.103. The Morgan fingerprint density at radius 3 is 2.94 bits per heavy atom. The molecule has 18 heavy (non-hydrogen) atoms. The number of rotatable bonds is 6. The van der Waals surface area contributed by atoms with E-state index in [9.17, 15) is 4.79 Å². The Hall–Kier alpha value is -2.06. The van der Waals surface area contributed by atoms with Crippen LogP contribution >= 0.6 is 0 Å². The third kappa shape index (κ3) is 4.44. The molecule has 0 aliphatic carbocycles. The zero-order valence-electron chi connectivity index (χ0n) is 10.6. The Bertz CT molecular complexity index is 452. The molecular formula is C13H17N3O2. The molecule has 0 heterocycles. The molecule has 96 valence electrons. The predicted molar refractivity (Wildman–Crippen MR) is 69.3 cm³/mol. The monoisotopic (exact) mass is 247 g/mol. The van der Waals surface area contributed by atoms with Gasteiger partial charge in [0.15, 0.2) is 0 Å². The van der Waals surface area contributed by atoms with Crippen molar-refractivity contribution in [2.75, 3.05) is 32.1 Å². The molecule has 0 aromatic heterocycles. The van der Waals surface area contributed by atoms with Crippen molar-refractivity contribution in [1.82, 2.24) is 5.32 Å². The van der Waals surface area contributed by atoms with Crippen LogP contribution < -0.4 is 10.6 Å². The van der Waals surface area contributed by atoms with Crippen molar-refractivity contribution in [3.8, 4) is 6.07 Å². The van der Waals surface area contributed by atoms with Crippen LogP contribution in [0.3, 0.4) is 0 Å². The number of nitrogens with one attached hydrogen (secondary N) is 2. The highest BCUT2D eigenvalue weighted by Crippen LogP contribution is 2.15. The molecule has 5 nitrogen and oxygen atoms in total. The van der Waals surface area contributed by atoms with Crippen LogP contribution in [-0.2, 0) is 9.53 Å². The van der Waals surface area contributed by atoms with Crippen molar-refractivity contribution in [1.29, 1.82) is 5.26 Å². The first-order valence-electron chi connectivity index (χ1n) is 5.67. The molecule has 1 aromatic rings. The molecule has 1 rings (SSSR count). The second kappa shape index (κ2) is 7.30. The number of amides is 1. The van der Waals surface area contributed by atoms with Gasteiger partial charge in [-0.2, -0.15) is 5.26 Å². The highest BCUT2D eigenvalue weighted by Gasteiger charge is 2.03. The van der Waals surface area contributed by atoms with Crippen LogP contribution in [0, 0.1) is 18.3 Å². The minimum absolute atomic E-state index is 0.103. The van der Waals surface area contributed by atoms with Gasteiger partial charge in [0.25, 0.3) is 0 Å². The van der Waals surface area contributed by atoms with E-state index in [0.29, 0.717) is 18.7 Å². The molecule has 0 bridgehead atoms. The summed E-state index contributed by atoms with van der Waals surface area (Å²) in [7, 11) is 1.58. The van der Waals surface area contributed by atoms with E-state index in [1.165, 1.54) is 0 Å². The maximum Gasteiger partial charge on any atom is 0.239 e. The van der Waals surface area contributed by atoms with E-state index in [0.717, 1.165) is 11.3 Å². The Morgan fingerprint density at radius 1 is 1.50 bits per heavy atom. The lowest BCUT2D eigenvalue weighted by Gasteiger charge is -2.10. The zero-order valence-corrected chi connectivity index (χ0v) is 10.6. The van der Waals surface area contributed by atoms with Crippen LogP contribution in [-0.4, -0.2) is 32.7 Å². The summed E-state index contributed by atoms with van der Waals surface area (Å²) in [6.07, 6.45) is 0. The number of anilines is 1. The lowest BCUT2D eigenvalue weighted by molar-refractivity contribution is -0.119. The highest BCUT2D eigenvalue weighted by atomic mass is 16.5. The number of carbonyl (C=O) groups is 1. The van der Waals surface area contributed by atoms with Crippen molar-refractivity contribution in [2.45, 2.75) is 6.92 Å². The van der Waals surface area contributed by atoms with Gasteiger partial charge in [0, 0.05) is 19.3 Å². The smallest absolute Gasteiger partial charge is 0.239 e. The fraction of sp³-hybridized carbons (Fsp3) is 0.385. The molecule has 0 atom stereocenters. The summed E-state index contributed by atoms with van der Waals surface area (Å²) in [4.78, 5) is 11.5. The summed E-state index contributed by atoms with van der Waals surface area (Å²) < 4.78 is 4.83. The van der Waals surface area contributed by atoms with E-state index in [1.54, 1.807) is 19.2 Å². The van der Waals surface area contributed by atoms with Gasteiger partial charge >= 0.3 is 0 Å². The van der Waals surface area contributed by atoms with Crippen LogP contribution in [0.2, 0.25) is 0 Å². The van der Waals surface area contributed by atoms with Gasteiger partial charge in [-0.25, -0.2) is 0 Å². The lowest BCUT2D eigenvalue weighted by atomic mass is 10.1. The third-order valence-corrected chi connectivity index (χ3v) is 2.43. The van der Waals surface area contributed by atoms with Gasteiger partial charge in [0.2, 0.25) is 5.91 Å². The van der Waals surface area contributed by atoms with E-state index >= 15 is 0 Å². The molecule has 0 aliphatic heterocycles. The number of methoxy groups -OCH3 is 1. The number of ether oxygens (including phenoxy) is 1. The van der Waals surface area contributed by atoms with Crippen LogP contribution in [0.5, 0.6) is 0 Å². The fourth-order valence-corrected chi connectivity index (χ4v) is 1.41. The molecule has 0 saturated carbocycles. The number of nitrogens with zero attached hydrogens (tertiary/aromatic N) is 1. The summed E-state index contributed by atoms with van der Waals surface area (Å²) in [6.45, 7) is 3.09. The SMILES string of the molecule is COCCNC(=O)CNc1cc(C#N)ccc1C. The summed E-state index contributed by atoms with van der Waals surface area (Å²) >= 11 is 0. The molecule has 1 aromatic carbocycles. The number of hydrogen-bond acceptors (Lipinski definition) is 4. The molecule has 0 saturated heterocycles. The quantitative estimate of drug-likeness (QED) is 0.737. The number of carbonyl (C=O) groups excluding carboxylic acids is 1. The van der Waals surface area contributed by atoms with E-state index in [4.69, 9.17) is 10.00 Å². The van der Waals surface area contributed by atoms with Crippen molar-refractivity contribution in [2.24, 2.45) is 0 Å². The minimum Gasteiger partial charge on any atom is -0.383 e. The first kappa shape index (κ1) is 14.0. The fourth-order valence-electron chi connectivity index (χ4n) is 1.41. The van der Waals surface area contributed by atoms with Gasteiger partial charge in [-0.3, -0.25) is 4.79 Å². The Balaban J connectivity index is 2.48. The maximum absolute atomic E-state index is 11.5. The normalized spacial score (nSPS) is 9.61. The van der Waals surface area contributed by atoms with E-state index in [-0.39, 0.29) is 12.5 Å². The summed E-state index contributed by atoms with van der Waals surface area (Å²) in [5, 5.41) is 14.5. The first-order valence-corrected chi connectivity index (χ1v) is 5.67. The number of hydrogen-bond donors (Lipinski definition) is 2. The molecular weight excluding hydrogens is 230 g/mol. The largest absolute Gasteiger partial charge is 0.383 e. The average molecular weight is 247 g/mol. The Morgan fingerprint density at radius 2 is 2.28 bits per heavy atom. The molecule has 1 amide bonds. The standard InChI is InChI=1S/C13H17N3O2/c1-10-3-4-11(8-14)7-12(10)16-9-13(17)15-5-6-18-2/h3-4,7,16H,5-6,9H2,1-2H3,(H,15,17). The lowest BCUT2D eigenvalue weighted by Crippen LogP contribution is -2.32. The molecule has 0 spiro atoms. The molecule has 0 aliphatic rings. The molecule has 0 radical (unpaired) electrons. The summed E-state index contributed by atoms with van der Waals surface area (Å²) in [5.41, 5.74) is 2.37. The third-order valence-electron chi connectivity index (χ3n) is 2.43. The number of benzene rings is 1. The van der Waals surface area contributed by atoms with Gasteiger partial charge < -0.3 is 15.4 Å². The summed E-state index contributed by atoms with van der Waals surface area (Å²) in [6, 6.07) is 7.40. The van der Waals surface area contributed by atoms with Crippen LogP contribution in [0.25, 0.3) is 0 Å². The number of aryl methyl sites for hydroxylation is 1. The van der Waals surface area contributed by atoms with Gasteiger partial charge in [-0.15, -0.1) is 0 Å². The molecule has 0 unspecified atom stereocenters. The average Bonchev–Trinajstić information content (AvgIpc) is 2.38. The van der Waals surface area contributed by atoms with Gasteiger partial charge in [-0.1, -0.05) is 6.07 Å². The van der Waals surface area contributed by atoms with E-state index < -0.39 is 0 Å². The van der Waals surface area contributed by atoms with Crippen molar-refractivity contribution in [3.05, 3.63) is 29.3 Å². The van der Waals surface area contributed by atoms with Crippen molar-refractivity contribution >= 4 is 11.6 Å². The van der Waals surface area contributed by atoms with Crippen LogP contribution in [0.1, 0.15) is 11.1 Å². The second-order valence-electron chi connectivity index (χ2n) is 3.84. The molecule has 5 heteroatoms. The van der Waals surface area contributed by atoms with Gasteiger partial charge in [-0.05, 0) is 24.6 Å². The predicted octanol–water partition coefficient (Wildman–Crippen LogP) is 1.04. The van der Waals surface area contributed by atoms with Gasteiger partial charge in [0.05, 0.1) is 24.8 Å². The topological polar surface area (TPSA) is 74.2 Å². The van der Waals surface area contributed by atoms with Gasteiger partial charge in [0.1, 0.15) is 0 Å². The first-order chi connectivity index (χ1) is 8.67. The highest BCUT2D eigenvalue weighted by molar-refractivity contribution is 5.81. The van der Waals surface area contributed by atoms with Crippen LogP contribution in [0.4, 0.5) is 5.69 Å². The maximum atomic E-state index is 11.5. The minimum atomic E-state index is -0.103.